The van der Waals surface area contributed by atoms with Crippen molar-refractivity contribution in [2.24, 2.45) is 15.8 Å². The highest BCUT2D eigenvalue weighted by Crippen LogP contribution is 2.45. The Morgan fingerprint density at radius 1 is 1.15 bits per heavy atom. The summed E-state index contributed by atoms with van der Waals surface area (Å²) in [6, 6.07) is 11.8. The minimum absolute atomic E-state index is 0.134. The zero-order chi connectivity index (χ0) is 28.4. The topological polar surface area (TPSA) is 79.8 Å². The minimum Gasteiger partial charge on any atom is -0.493 e. The van der Waals surface area contributed by atoms with Crippen molar-refractivity contribution in [3.05, 3.63) is 70.3 Å². The van der Waals surface area contributed by atoms with E-state index in [1.54, 1.807) is 18.2 Å². The SMILES string of the molecule is CC1(COc2ccc(C3=NC(=O)N/C(c4cc(CNC(=O)C(C)(C)C(F)(F)F)ccc4Cl)=C/CC3)cc2)CC1. The molecule has 0 unspecified atom stereocenters. The van der Waals surface area contributed by atoms with E-state index >= 15 is 0 Å². The molecule has 1 heterocycles. The molecule has 1 saturated carbocycles. The lowest BCUT2D eigenvalue weighted by Crippen LogP contribution is -2.46. The fraction of sp³-hybridized carbons (Fsp3) is 0.414. The van der Waals surface area contributed by atoms with Gasteiger partial charge in [-0.05, 0) is 87.1 Å². The third-order valence-corrected chi connectivity index (χ3v) is 7.47. The van der Waals surface area contributed by atoms with E-state index in [4.69, 9.17) is 16.3 Å². The number of ether oxygens (including phenoxy) is 1. The minimum atomic E-state index is -4.68. The van der Waals surface area contributed by atoms with Crippen molar-refractivity contribution in [3.63, 3.8) is 0 Å². The van der Waals surface area contributed by atoms with E-state index in [9.17, 15) is 22.8 Å². The summed E-state index contributed by atoms with van der Waals surface area (Å²) in [4.78, 5) is 29.1. The molecule has 1 aliphatic heterocycles. The first-order valence-electron chi connectivity index (χ1n) is 12.7. The number of alkyl halides is 3. The molecule has 3 amide bonds. The summed E-state index contributed by atoms with van der Waals surface area (Å²) in [5.74, 6) is -0.360. The fourth-order valence-electron chi connectivity index (χ4n) is 3.89. The van der Waals surface area contributed by atoms with Crippen LogP contribution in [0.2, 0.25) is 5.02 Å². The first-order valence-corrected chi connectivity index (χ1v) is 13.1. The number of carbonyl (C=O) groups excluding carboxylic acids is 2. The molecule has 2 aromatic carbocycles. The van der Waals surface area contributed by atoms with Crippen molar-refractivity contribution in [1.82, 2.24) is 10.6 Å². The average molecular weight is 562 g/mol. The largest absolute Gasteiger partial charge is 0.493 e. The molecule has 0 bridgehead atoms. The molecule has 2 N–H and O–H groups in total. The van der Waals surface area contributed by atoms with Gasteiger partial charge in [-0.1, -0.05) is 30.7 Å². The first kappa shape index (κ1) is 28.7. The number of rotatable bonds is 8. The number of hydrogen-bond acceptors (Lipinski definition) is 3. The maximum absolute atomic E-state index is 13.2. The lowest BCUT2D eigenvalue weighted by molar-refractivity contribution is -0.211. The Bertz CT molecular complexity index is 1310. The summed E-state index contributed by atoms with van der Waals surface area (Å²) in [6.45, 7) is 4.41. The van der Waals surface area contributed by atoms with Crippen molar-refractivity contribution >= 4 is 34.9 Å². The molecule has 0 aromatic heterocycles. The van der Waals surface area contributed by atoms with E-state index in [-0.39, 0.29) is 12.0 Å². The molecule has 2 aliphatic rings. The first-order chi connectivity index (χ1) is 18.3. The highest BCUT2D eigenvalue weighted by atomic mass is 35.5. The smallest absolute Gasteiger partial charge is 0.402 e. The van der Waals surface area contributed by atoms with Crippen LogP contribution in [0.5, 0.6) is 5.75 Å². The molecule has 1 fully saturated rings. The average Bonchev–Trinajstić information content (AvgIpc) is 3.61. The van der Waals surface area contributed by atoms with Gasteiger partial charge in [0.1, 0.15) is 11.2 Å². The Balaban J connectivity index is 1.42. The summed E-state index contributed by atoms with van der Waals surface area (Å²) < 4.78 is 45.4. The van der Waals surface area contributed by atoms with Crippen molar-refractivity contribution in [1.29, 1.82) is 0 Å². The van der Waals surface area contributed by atoms with Crippen molar-refractivity contribution in [2.45, 2.75) is 59.2 Å². The normalized spacial score (nSPS) is 18.6. The quantitative estimate of drug-likeness (QED) is 0.362. The number of benzene rings is 2. The molecule has 1 aliphatic carbocycles. The number of nitrogens with one attached hydrogen (secondary N) is 2. The summed E-state index contributed by atoms with van der Waals surface area (Å²) >= 11 is 6.39. The second-order valence-corrected chi connectivity index (χ2v) is 11.3. The van der Waals surface area contributed by atoms with Gasteiger partial charge < -0.3 is 15.4 Å². The van der Waals surface area contributed by atoms with E-state index in [0.29, 0.717) is 47.0 Å². The van der Waals surface area contributed by atoms with Crippen molar-refractivity contribution in [2.75, 3.05) is 6.61 Å². The van der Waals surface area contributed by atoms with Crippen LogP contribution in [0.4, 0.5) is 18.0 Å². The number of amides is 3. The van der Waals surface area contributed by atoms with E-state index in [1.165, 1.54) is 12.8 Å². The molecule has 39 heavy (non-hydrogen) atoms. The van der Waals surface area contributed by atoms with Gasteiger partial charge in [0.05, 0.1) is 12.3 Å². The molecule has 2 aromatic rings. The van der Waals surface area contributed by atoms with Gasteiger partial charge in [-0.15, -0.1) is 0 Å². The van der Waals surface area contributed by atoms with Crippen LogP contribution in [0, 0.1) is 10.8 Å². The molecular weight excluding hydrogens is 531 g/mol. The van der Waals surface area contributed by atoms with Gasteiger partial charge in [-0.3, -0.25) is 4.79 Å². The van der Waals surface area contributed by atoms with Gasteiger partial charge in [-0.2, -0.15) is 18.2 Å². The van der Waals surface area contributed by atoms with Crippen molar-refractivity contribution in [3.8, 4) is 5.75 Å². The van der Waals surface area contributed by atoms with E-state index in [2.05, 4.69) is 22.5 Å². The molecule has 0 spiro atoms. The van der Waals surface area contributed by atoms with Crippen LogP contribution < -0.4 is 15.4 Å². The molecule has 4 rings (SSSR count). The molecule has 208 valence electrons. The van der Waals surface area contributed by atoms with Gasteiger partial charge >= 0.3 is 12.2 Å². The zero-order valence-electron chi connectivity index (χ0n) is 22.0. The van der Waals surface area contributed by atoms with Crippen LogP contribution in [-0.2, 0) is 11.3 Å². The van der Waals surface area contributed by atoms with E-state index in [0.717, 1.165) is 25.2 Å². The number of aliphatic imine (C=N–C) groups is 1. The molecule has 10 heteroatoms. The summed E-state index contributed by atoms with van der Waals surface area (Å²) in [5, 5.41) is 5.43. The molecule has 6 nitrogen and oxygen atoms in total. The maximum Gasteiger partial charge on any atom is 0.402 e. The third kappa shape index (κ3) is 7.01. The fourth-order valence-corrected chi connectivity index (χ4v) is 4.11. The third-order valence-electron chi connectivity index (χ3n) is 7.14. The Hall–Kier alpha value is -3.33. The number of allylic oxidation sites excluding steroid dienone is 1. The number of nitrogens with zero attached hydrogens (tertiary/aromatic N) is 1. The standard InChI is InChI=1S/C29H31ClF3N3O3/c1-27(2,29(31,32)33)25(37)34-16-18-7-12-22(30)21(15-18)24-6-4-5-23(35-26(38)36-24)19-8-10-20(11-9-19)39-17-28(3)13-14-28/h6-12,15H,4-5,13-14,16-17H2,1-3H3,(H,34,37)(H,36,38)/b24-6+,35-23?. The van der Waals surface area contributed by atoms with Crippen LogP contribution >= 0.6 is 11.6 Å². The van der Waals surface area contributed by atoms with Gasteiger partial charge in [0.2, 0.25) is 5.91 Å². The number of carbonyl (C=O) groups is 2. The van der Waals surface area contributed by atoms with Crippen LogP contribution in [-0.4, -0.2) is 30.4 Å². The predicted octanol–water partition coefficient (Wildman–Crippen LogP) is 7.06. The zero-order valence-corrected chi connectivity index (χ0v) is 22.8. The monoisotopic (exact) mass is 561 g/mol. The van der Waals surface area contributed by atoms with E-state index < -0.39 is 23.5 Å². The van der Waals surface area contributed by atoms with Gasteiger partial charge in [0, 0.05) is 28.2 Å². The molecular formula is C29H31ClF3N3O3. The second-order valence-electron chi connectivity index (χ2n) is 10.9. The van der Waals surface area contributed by atoms with Crippen LogP contribution in [0.25, 0.3) is 5.70 Å². The lowest BCUT2D eigenvalue weighted by Gasteiger charge is -2.26. The Kier molecular flexibility index (Phi) is 8.12. The van der Waals surface area contributed by atoms with E-state index in [1.807, 2.05) is 30.3 Å². The van der Waals surface area contributed by atoms with Gasteiger partial charge in [0.15, 0.2) is 0 Å². The highest BCUT2D eigenvalue weighted by Gasteiger charge is 2.52. The highest BCUT2D eigenvalue weighted by molar-refractivity contribution is 6.32. The molecule has 0 atom stereocenters. The predicted molar refractivity (Wildman–Crippen MR) is 145 cm³/mol. The van der Waals surface area contributed by atoms with Gasteiger partial charge in [0.25, 0.3) is 0 Å². The maximum atomic E-state index is 13.2. The Morgan fingerprint density at radius 2 is 1.85 bits per heavy atom. The molecule has 0 radical (unpaired) electrons. The van der Waals surface area contributed by atoms with Crippen LogP contribution in [0.3, 0.4) is 0 Å². The van der Waals surface area contributed by atoms with Gasteiger partial charge in [-0.25, -0.2) is 4.79 Å². The number of halogens is 4. The summed E-state index contributed by atoms with van der Waals surface area (Å²) in [6.07, 6.45) is 0.575. The molecule has 0 saturated heterocycles. The van der Waals surface area contributed by atoms with Crippen LogP contribution in [0.15, 0.2) is 53.5 Å². The lowest BCUT2D eigenvalue weighted by atomic mass is 9.91. The van der Waals surface area contributed by atoms with Crippen LogP contribution in [0.1, 0.15) is 63.1 Å². The number of hydrogen-bond donors (Lipinski definition) is 2. The van der Waals surface area contributed by atoms with Crippen molar-refractivity contribution < 1.29 is 27.5 Å². The second kappa shape index (κ2) is 11.0. The Morgan fingerprint density at radius 3 is 2.49 bits per heavy atom. The summed E-state index contributed by atoms with van der Waals surface area (Å²) in [5.41, 5.74) is 0.662. The Labute approximate surface area is 230 Å². The number of urea groups is 1. The summed E-state index contributed by atoms with van der Waals surface area (Å²) in [7, 11) is 0.